The zero-order valence-corrected chi connectivity index (χ0v) is 10.6. The molecule has 0 aromatic heterocycles. The van der Waals surface area contributed by atoms with E-state index in [2.05, 4.69) is 6.92 Å². The minimum Gasteiger partial charge on any atom is -0.465 e. The normalized spacial score (nSPS) is 25.9. The van der Waals surface area contributed by atoms with Crippen LogP contribution in [0.25, 0.3) is 0 Å². The largest absolute Gasteiger partial charge is 0.465 e. The topological polar surface area (TPSA) is 66.8 Å². The Morgan fingerprint density at radius 1 is 1.35 bits per heavy atom. The van der Waals surface area contributed by atoms with E-state index < -0.39 is 12.0 Å². The van der Waals surface area contributed by atoms with Crippen LogP contribution in [0.5, 0.6) is 0 Å². The Morgan fingerprint density at radius 3 is 2.71 bits per heavy atom. The third kappa shape index (κ3) is 4.28. The monoisotopic (exact) mass is 244 g/mol. The summed E-state index contributed by atoms with van der Waals surface area (Å²) in [5, 5.41) is 19.1. The highest BCUT2D eigenvalue weighted by atomic mass is 16.5. The van der Waals surface area contributed by atoms with Crippen molar-refractivity contribution in [2.24, 2.45) is 11.8 Å². The molecular formula is C13H24O4. The van der Waals surface area contributed by atoms with Crippen LogP contribution in [0.1, 0.15) is 45.4 Å². The van der Waals surface area contributed by atoms with Gasteiger partial charge in [0, 0.05) is 5.92 Å². The van der Waals surface area contributed by atoms with Gasteiger partial charge in [-0.05, 0) is 6.42 Å². The predicted octanol–water partition coefficient (Wildman–Crippen LogP) is 1.49. The summed E-state index contributed by atoms with van der Waals surface area (Å²) in [5.74, 6) is -1.11. The maximum absolute atomic E-state index is 11.4. The Kier molecular flexibility index (Phi) is 6.52. The van der Waals surface area contributed by atoms with Gasteiger partial charge in [-0.25, -0.2) is 0 Å². The molecule has 1 saturated heterocycles. The number of aliphatic hydroxyl groups excluding tert-OH is 2. The van der Waals surface area contributed by atoms with E-state index in [9.17, 15) is 9.90 Å². The van der Waals surface area contributed by atoms with Crippen LogP contribution in [0.15, 0.2) is 0 Å². The lowest BCUT2D eigenvalue weighted by atomic mass is 9.88. The van der Waals surface area contributed by atoms with Crippen LogP contribution in [0, 0.1) is 11.8 Å². The van der Waals surface area contributed by atoms with Crippen molar-refractivity contribution in [1.29, 1.82) is 0 Å². The highest BCUT2D eigenvalue weighted by Gasteiger charge is 2.40. The Hall–Kier alpha value is -0.610. The number of hydrogen-bond acceptors (Lipinski definition) is 4. The Balaban J connectivity index is 2.25. The second-order valence-electron chi connectivity index (χ2n) is 4.87. The standard InChI is InChI=1S/C13H24O4/c1-2-3-4-5-6-7-11(15)12-10(8-14)9-17-13(12)16/h10-12,14-15H,2-9H2,1H3/t10-,11+,12+/m1/s1. The van der Waals surface area contributed by atoms with E-state index in [1.54, 1.807) is 0 Å². The molecule has 0 aromatic carbocycles. The summed E-state index contributed by atoms with van der Waals surface area (Å²) >= 11 is 0. The van der Waals surface area contributed by atoms with Crippen molar-refractivity contribution in [1.82, 2.24) is 0 Å². The van der Waals surface area contributed by atoms with Gasteiger partial charge in [0.05, 0.1) is 25.2 Å². The first-order valence-electron chi connectivity index (χ1n) is 6.66. The third-order valence-electron chi connectivity index (χ3n) is 3.47. The van der Waals surface area contributed by atoms with Gasteiger partial charge in [-0.2, -0.15) is 0 Å². The summed E-state index contributed by atoms with van der Waals surface area (Å²) in [6.07, 6.45) is 5.59. The summed E-state index contributed by atoms with van der Waals surface area (Å²) in [6, 6.07) is 0. The van der Waals surface area contributed by atoms with E-state index in [0.29, 0.717) is 6.42 Å². The first-order valence-corrected chi connectivity index (χ1v) is 6.66. The molecular weight excluding hydrogens is 220 g/mol. The average molecular weight is 244 g/mol. The summed E-state index contributed by atoms with van der Waals surface area (Å²) in [4.78, 5) is 11.4. The minimum absolute atomic E-state index is 0.0939. The van der Waals surface area contributed by atoms with Crippen LogP contribution in [-0.2, 0) is 9.53 Å². The highest BCUT2D eigenvalue weighted by molar-refractivity contribution is 5.75. The number of cyclic esters (lactones) is 1. The molecule has 2 N–H and O–H groups in total. The van der Waals surface area contributed by atoms with Gasteiger partial charge in [0.1, 0.15) is 0 Å². The number of unbranched alkanes of at least 4 members (excludes halogenated alkanes) is 4. The molecule has 0 amide bonds. The third-order valence-corrected chi connectivity index (χ3v) is 3.47. The number of carbonyl (C=O) groups is 1. The second-order valence-corrected chi connectivity index (χ2v) is 4.87. The summed E-state index contributed by atoms with van der Waals surface area (Å²) in [5.41, 5.74) is 0. The van der Waals surface area contributed by atoms with E-state index in [1.807, 2.05) is 0 Å². The van der Waals surface area contributed by atoms with E-state index >= 15 is 0 Å². The number of hydrogen-bond donors (Lipinski definition) is 2. The van der Waals surface area contributed by atoms with Crippen molar-refractivity contribution in [2.75, 3.05) is 13.2 Å². The maximum Gasteiger partial charge on any atom is 0.312 e. The molecule has 3 atom stereocenters. The first-order chi connectivity index (χ1) is 8.20. The van der Waals surface area contributed by atoms with Crippen molar-refractivity contribution in [3.8, 4) is 0 Å². The van der Waals surface area contributed by atoms with Crippen molar-refractivity contribution in [2.45, 2.75) is 51.6 Å². The van der Waals surface area contributed by atoms with Crippen LogP contribution in [0.2, 0.25) is 0 Å². The lowest BCUT2D eigenvalue weighted by molar-refractivity contribution is -0.144. The number of aliphatic hydroxyl groups is 2. The van der Waals surface area contributed by atoms with E-state index in [-0.39, 0.29) is 25.1 Å². The zero-order chi connectivity index (χ0) is 12.7. The number of carbonyl (C=O) groups excluding carboxylic acids is 1. The van der Waals surface area contributed by atoms with Crippen LogP contribution >= 0.6 is 0 Å². The Labute approximate surface area is 103 Å². The molecule has 100 valence electrons. The molecule has 0 unspecified atom stereocenters. The van der Waals surface area contributed by atoms with E-state index in [1.165, 1.54) is 19.3 Å². The molecule has 1 heterocycles. The van der Waals surface area contributed by atoms with Gasteiger partial charge in [0.15, 0.2) is 0 Å². The minimum atomic E-state index is -0.663. The van der Waals surface area contributed by atoms with E-state index in [4.69, 9.17) is 9.84 Å². The quantitative estimate of drug-likeness (QED) is 0.501. The molecule has 0 bridgehead atoms. The number of rotatable bonds is 8. The average Bonchev–Trinajstić information content (AvgIpc) is 2.70. The Morgan fingerprint density at radius 2 is 2.06 bits per heavy atom. The molecule has 1 aliphatic heterocycles. The molecule has 0 radical (unpaired) electrons. The van der Waals surface area contributed by atoms with E-state index in [0.717, 1.165) is 12.8 Å². The molecule has 0 spiro atoms. The fourth-order valence-electron chi connectivity index (χ4n) is 2.36. The second kappa shape index (κ2) is 7.67. The molecule has 17 heavy (non-hydrogen) atoms. The molecule has 1 fully saturated rings. The van der Waals surface area contributed by atoms with Gasteiger partial charge in [0.25, 0.3) is 0 Å². The van der Waals surface area contributed by atoms with Gasteiger partial charge in [0.2, 0.25) is 0 Å². The molecule has 0 saturated carbocycles. The van der Waals surface area contributed by atoms with Gasteiger partial charge in [-0.3, -0.25) is 4.79 Å². The van der Waals surface area contributed by atoms with Gasteiger partial charge < -0.3 is 14.9 Å². The smallest absolute Gasteiger partial charge is 0.312 e. The van der Waals surface area contributed by atoms with Crippen molar-refractivity contribution in [3.05, 3.63) is 0 Å². The van der Waals surface area contributed by atoms with Crippen molar-refractivity contribution >= 4 is 5.97 Å². The fourth-order valence-corrected chi connectivity index (χ4v) is 2.36. The zero-order valence-electron chi connectivity index (χ0n) is 10.6. The summed E-state index contributed by atoms with van der Waals surface area (Å²) in [6.45, 7) is 2.31. The van der Waals surface area contributed by atoms with Crippen LogP contribution < -0.4 is 0 Å². The van der Waals surface area contributed by atoms with Crippen molar-refractivity contribution < 1.29 is 19.7 Å². The molecule has 4 nitrogen and oxygen atoms in total. The van der Waals surface area contributed by atoms with Crippen LogP contribution in [0.4, 0.5) is 0 Å². The van der Waals surface area contributed by atoms with Gasteiger partial charge in [-0.15, -0.1) is 0 Å². The molecule has 4 heteroatoms. The lowest BCUT2D eigenvalue weighted by Crippen LogP contribution is -2.31. The first kappa shape index (κ1) is 14.5. The van der Waals surface area contributed by atoms with Gasteiger partial charge in [-0.1, -0.05) is 39.0 Å². The SMILES string of the molecule is CCCCCCC[C@H](O)[C@H]1C(=O)OC[C@H]1CO. The summed E-state index contributed by atoms with van der Waals surface area (Å²) < 4.78 is 4.88. The summed E-state index contributed by atoms with van der Waals surface area (Å²) in [7, 11) is 0. The van der Waals surface area contributed by atoms with Crippen molar-refractivity contribution in [3.63, 3.8) is 0 Å². The highest BCUT2D eigenvalue weighted by Crippen LogP contribution is 2.27. The van der Waals surface area contributed by atoms with Crippen LogP contribution in [-0.4, -0.2) is 35.5 Å². The molecule has 1 aliphatic rings. The number of esters is 1. The van der Waals surface area contributed by atoms with Gasteiger partial charge >= 0.3 is 5.97 Å². The Bertz CT molecular complexity index is 229. The fraction of sp³-hybridized carbons (Fsp3) is 0.923. The lowest BCUT2D eigenvalue weighted by Gasteiger charge is -2.19. The number of ether oxygens (including phenoxy) is 1. The predicted molar refractivity (Wildman–Crippen MR) is 64.4 cm³/mol. The molecule has 0 aromatic rings. The maximum atomic E-state index is 11.4. The molecule has 0 aliphatic carbocycles. The van der Waals surface area contributed by atoms with Crippen LogP contribution in [0.3, 0.4) is 0 Å². The molecule has 1 rings (SSSR count).